The van der Waals surface area contributed by atoms with Crippen molar-refractivity contribution in [2.75, 3.05) is 5.88 Å². The molecule has 1 nitrogen and oxygen atoms in total. The first-order valence-corrected chi connectivity index (χ1v) is 7.69. The van der Waals surface area contributed by atoms with Crippen molar-refractivity contribution < 1.29 is 0 Å². The average molecular weight is 307 g/mol. The molecule has 0 atom stereocenters. The Labute approximate surface area is 124 Å². The van der Waals surface area contributed by atoms with E-state index in [0.717, 1.165) is 35.0 Å². The monoisotopic (exact) mass is 305 g/mol. The smallest absolute Gasteiger partial charge is 0.0451 e. The highest BCUT2D eigenvalue weighted by molar-refractivity contribution is 6.33. The van der Waals surface area contributed by atoms with Crippen molar-refractivity contribution >= 4 is 34.8 Å². The number of hydrogen-bond donors (Lipinski definition) is 1. The van der Waals surface area contributed by atoms with Crippen LogP contribution in [0.3, 0.4) is 0 Å². The molecular weight excluding hydrogens is 289 g/mol. The van der Waals surface area contributed by atoms with Crippen molar-refractivity contribution in [3.63, 3.8) is 0 Å². The lowest BCUT2D eigenvalue weighted by atomic mass is 9.83. The molecule has 0 aromatic heterocycles. The summed E-state index contributed by atoms with van der Waals surface area (Å²) in [4.78, 5) is 0. The number of benzene rings is 1. The van der Waals surface area contributed by atoms with Crippen molar-refractivity contribution in [2.24, 2.45) is 0 Å². The number of rotatable bonds is 4. The van der Waals surface area contributed by atoms with Crippen LogP contribution in [-0.2, 0) is 6.54 Å². The highest BCUT2D eigenvalue weighted by Gasteiger charge is 2.30. The summed E-state index contributed by atoms with van der Waals surface area (Å²) >= 11 is 18.3. The molecule has 1 aliphatic carbocycles. The van der Waals surface area contributed by atoms with Crippen LogP contribution in [-0.4, -0.2) is 11.4 Å². The molecule has 0 radical (unpaired) electrons. The summed E-state index contributed by atoms with van der Waals surface area (Å²) in [6.07, 6.45) is 6.12. The molecular formula is C14H18Cl3N. The second-order valence-corrected chi connectivity index (χ2v) is 6.17. The highest BCUT2D eigenvalue weighted by Crippen LogP contribution is 2.30. The SMILES string of the molecule is ClCC1(NCc2cc(Cl)ccc2Cl)CCCCC1. The third-order valence-corrected chi connectivity index (χ3v) is 4.84. The van der Waals surface area contributed by atoms with Gasteiger partial charge in [0.15, 0.2) is 0 Å². The molecule has 0 bridgehead atoms. The molecule has 0 heterocycles. The van der Waals surface area contributed by atoms with Gasteiger partial charge in [-0.25, -0.2) is 0 Å². The van der Waals surface area contributed by atoms with Crippen LogP contribution in [0.15, 0.2) is 18.2 Å². The summed E-state index contributed by atoms with van der Waals surface area (Å²) in [7, 11) is 0. The van der Waals surface area contributed by atoms with Crippen molar-refractivity contribution in [1.29, 1.82) is 0 Å². The first kappa shape index (κ1) is 14.5. The molecule has 0 unspecified atom stereocenters. The fourth-order valence-electron chi connectivity index (χ4n) is 2.55. The summed E-state index contributed by atoms with van der Waals surface area (Å²) in [5.74, 6) is 0.658. The van der Waals surface area contributed by atoms with Crippen LogP contribution >= 0.6 is 34.8 Å². The number of hydrogen-bond acceptors (Lipinski definition) is 1. The van der Waals surface area contributed by atoms with Gasteiger partial charge in [-0.2, -0.15) is 0 Å². The molecule has 1 aromatic carbocycles. The van der Waals surface area contributed by atoms with Gasteiger partial charge in [0.25, 0.3) is 0 Å². The van der Waals surface area contributed by atoms with Crippen LogP contribution in [0, 0.1) is 0 Å². The quantitative estimate of drug-likeness (QED) is 0.770. The van der Waals surface area contributed by atoms with E-state index in [4.69, 9.17) is 34.8 Å². The van der Waals surface area contributed by atoms with Crippen LogP contribution in [0.1, 0.15) is 37.7 Å². The van der Waals surface area contributed by atoms with Gasteiger partial charge in [0, 0.05) is 28.0 Å². The lowest BCUT2D eigenvalue weighted by Crippen LogP contribution is -2.48. The maximum Gasteiger partial charge on any atom is 0.0451 e. The zero-order chi connectivity index (χ0) is 13.0. The van der Waals surface area contributed by atoms with Gasteiger partial charge < -0.3 is 5.32 Å². The molecule has 0 aliphatic heterocycles. The van der Waals surface area contributed by atoms with E-state index in [9.17, 15) is 0 Å². The Morgan fingerprint density at radius 1 is 1.11 bits per heavy atom. The molecule has 2 rings (SSSR count). The van der Waals surface area contributed by atoms with E-state index in [1.807, 2.05) is 18.2 Å². The molecule has 4 heteroatoms. The molecule has 0 saturated heterocycles. The minimum atomic E-state index is 0.0749. The number of nitrogens with one attached hydrogen (secondary N) is 1. The van der Waals surface area contributed by atoms with Gasteiger partial charge in [-0.05, 0) is 36.6 Å². The van der Waals surface area contributed by atoms with E-state index in [1.165, 1.54) is 19.3 Å². The fraction of sp³-hybridized carbons (Fsp3) is 0.571. The maximum atomic E-state index is 6.17. The molecule has 1 aliphatic rings. The molecule has 1 N–H and O–H groups in total. The van der Waals surface area contributed by atoms with Crippen LogP contribution in [0.25, 0.3) is 0 Å². The Bertz CT molecular complexity index is 400. The predicted molar refractivity (Wildman–Crippen MR) is 79.8 cm³/mol. The Balaban J connectivity index is 2.03. The first-order chi connectivity index (χ1) is 8.65. The van der Waals surface area contributed by atoms with Gasteiger partial charge in [0.1, 0.15) is 0 Å². The minimum absolute atomic E-state index is 0.0749. The number of alkyl halides is 1. The topological polar surface area (TPSA) is 12.0 Å². The van der Waals surface area contributed by atoms with Crippen molar-refractivity contribution in [1.82, 2.24) is 5.32 Å². The summed E-state index contributed by atoms with van der Waals surface area (Å²) in [5, 5.41) is 5.07. The third kappa shape index (κ3) is 3.54. The van der Waals surface area contributed by atoms with E-state index < -0.39 is 0 Å². The molecule has 100 valence electrons. The summed E-state index contributed by atoms with van der Waals surface area (Å²) in [5.41, 5.74) is 1.12. The van der Waals surface area contributed by atoms with Crippen LogP contribution < -0.4 is 5.32 Å². The second-order valence-electron chi connectivity index (χ2n) is 5.06. The molecule has 1 saturated carbocycles. The molecule has 0 amide bonds. The van der Waals surface area contributed by atoms with Gasteiger partial charge in [-0.3, -0.25) is 0 Å². The number of halogens is 3. The van der Waals surface area contributed by atoms with Crippen LogP contribution in [0.4, 0.5) is 0 Å². The minimum Gasteiger partial charge on any atom is -0.306 e. The lowest BCUT2D eigenvalue weighted by molar-refractivity contribution is 0.256. The molecule has 18 heavy (non-hydrogen) atoms. The average Bonchev–Trinajstić information content (AvgIpc) is 2.41. The second kappa shape index (κ2) is 6.47. The largest absolute Gasteiger partial charge is 0.306 e. The van der Waals surface area contributed by atoms with Gasteiger partial charge in [-0.15, -0.1) is 11.6 Å². The van der Waals surface area contributed by atoms with Gasteiger partial charge in [0.2, 0.25) is 0 Å². The van der Waals surface area contributed by atoms with E-state index >= 15 is 0 Å². The molecule has 1 fully saturated rings. The Kier molecular flexibility index (Phi) is 5.20. The normalized spacial score (nSPS) is 18.8. The van der Waals surface area contributed by atoms with Gasteiger partial charge in [-0.1, -0.05) is 42.5 Å². The van der Waals surface area contributed by atoms with E-state index in [0.29, 0.717) is 5.88 Å². The standard InChI is InChI=1S/C14H18Cl3N/c15-10-14(6-2-1-3-7-14)18-9-11-8-12(16)4-5-13(11)17/h4-5,8,18H,1-3,6-7,9-10H2. The highest BCUT2D eigenvalue weighted by atomic mass is 35.5. The predicted octanol–water partition coefficient (Wildman–Crippen LogP) is 5.02. The van der Waals surface area contributed by atoms with Crippen molar-refractivity contribution in [2.45, 2.75) is 44.2 Å². The van der Waals surface area contributed by atoms with Crippen molar-refractivity contribution in [3.05, 3.63) is 33.8 Å². The Morgan fingerprint density at radius 2 is 1.83 bits per heavy atom. The summed E-state index contributed by atoms with van der Waals surface area (Å²) < 4.78 is 0. The van der Waals surface area contributed by atoms with E-state index in [1.54, 1.807) is 0 Å². The first-order valence-electron chi connectivity index (χ1n) is 6.40. The van der Waals surface area contributed by atoms with Crippen LogP contribution in [0.5, 0.6) is 0 Å². The van der Waals surface area contributed by atoms with Gasteiger partial charge >= 0.3 is 0 Å². The van der Waals surface area contributed by atoms with E-state index in [2.05, 4.69) is 5.32 Å². The maximum absolute atomic E-state index is 6.17. The lowest BCUT2D eigenvalue weighted by Gasteiger charge is -2.36. The summed E-state index contributed by atoms with van der Waals surface area (Å²) in [6.45, 7) is 0.728. The molecule has 0 spiro atoms. The van der Waals surface area contributed by atoms with Crippen LogP contribution in [0.2, 0.25) is 10.0 Å². The van der Waals surface area contributed by atoms with Crippen molar-refractivity contribution in [3.8, 4) is 0 Å². The van der Waals surface area contributed by atoms with Gasteiger partial charge in [0.05, 0.1) is 0 Å². The fourth-order valence-corrected chi connectivity index (χ4v) is 3.29. The Morgan fingerprint density at radius 3 is 2.50 bits per heavy atom. The third-order valence-electron chi connectivity index (χ3n) is 3.73. The molecule has 1 aromatic rings. The zero-order valence-electron chi connectivity index (χ0n) is 10.3. The zero-order valence-corrected chi connectivity index (χ0v) is 12.6. The summed E-state index contributed by atoms with van der Waals surface area (Å²) in [6, 6.07) is 5.57. The Hall–Kier alpha value is 0.0500. The van der Waals surface area contributed by atoms with E-state index in [-0.39, 0.29) is 5.54 Å².